The fraction of sp³-hybridized carbons (Fsp3) is 0.500. The maximum Gasteiger partial charge on any atom is 0.266 e. The molecule has 5 heteroatoms. The second kappa shape index (κ2) is 6.43. The number of aromatic nitrogens is 3. The van der Waals surface area contributed by atoms with Gasteiger partial charge in [-0.15, -0.1) is 10.2 Å². The predicted molar refractivity (Wildman–Crippen MR) is 73.7 cm³/mol. The lowest BCUT2D eigenvalue weighted by atomic mass is 10.3. The smallest absolute Gasteiger partial charge is 0.266 e. The van der Waals surface area contributed by atoms with E-state index in [9.17, 15) is 0 Å². The Hall–Kier alpha value is -1.75. The number of aryl methyl sites for hydroxylation is 2. The van der Waals surface area contributed by atoms with Gasteiger partial charge in [-0.1, -0.05) is 19.9 Å². The molecule has 0 unspecified atom stereocenters. The van der Waals surface area contributed by atoms with Crippen LogP contribution in [0.15, 0.2) is 22.6 Å². The zero-order valence-corrected chi connectivity index (χ0v) is 11.7. The Kier molecular flexibility index (Phi) is 4.63. The summed E-state index contributed by atoms with van der Waals surface area (Å²) >= 11 is 0. The largest absolute Gasteiger partial charge is 0.419 e. The third-order valence-electron chi connectivity index (χ3n) is 2.69. The Labute approximate surface area is 113 Å². The molecule has 0 radical (unpaired) electrons. The molecule has 0 atom stereocenters. The van der Waals surface area contributed by atoms with Crippen molar-refractivity contribution in [2.45, 2.75) is 39.7 Å². The van der Waals surface area contributed by atoms with Crippen LogP contribution in [-0.2, 0) is 6.42 Å². The molecule has 0 saturated carbocycles. The average Bonchev–Trinajstić information content (AvgIpc) is 2.83. The number of hydrogen-bond donors (Lipinski definition) is 1. The lowest BCUT2D eigenvalue weighted by molar-refractivity contribution is 0.483. The first-order valence-corrected chi connectivity index (χ1v) is 6.65. The fourth-order valence-corrected chi connectivity index (χ4v) is 1.75. The minimum absolute atomic E-state index is 0.496. The molecule has 0 saturated heterocycles. The molecule has 0 fully saturated rings. The van der Waals surface area contributed by atoms with Crippen LogP contribution in [0.5, 0.6) is 0 Å². The van der Waals surface area contributed by atoms with Gasteiger partial charge in [0.05, 0.1) is 0 Å². The molecular formula is C14H20N4O. The first kappa shape index (κ1) is 13.7. The topological polar surface area (TPSA) is 63.8 Å². The van der Waals surface area contributed by atoms with E-state index in [1.54, 1.807) is 0 Å². The van der Waals surface area contributed by atoms with E-state index in [-0.39, 0.29) is 0 Å². The van der Waals surface area contributed by atoms with Crippen molar-refractivity contribution in [2.75, 3.05) is 6.54 Å². The summed E-state index contributed by atoms with van der Waals surface area (Å²) in [6.07, 6.45) is 1.78. The molecule has 0 aliphatic rings. The van der Waals surface area contributed by atoms with Gasteiger partial charge < -0.3 is 9.73 Å². The zero-order valence-electron chi connectivity index (χ0n) is 11.7. The van der Waals surface area contributed by atoms with Crippen molar-refractivity contribution in [1.82, 2.24) is 20.5 Å². The second-order valence-corrected chi connectivity index (χ2v) is 4.88. The van der Waals surface area contributed by atoms with E-state index >= 15 is 0 Å². The SMILES string of the molecule is Cc1cccc(-c2nnc(CCCNC(C)C)o2)n1. The number of pyridine rings is 1. The van der Waals surface area contributed by atoms with Crippen LogP contribution in [0.2, 0.25) is 0 Å². The maximum absolute atomic E-state index is 5.62. The molecule has 0 spiro atoms. The Morgan fingerprint density at radius 2 is 2.11 bits per heavy atom. The summed E-state index contributed by atoms with van der Waals surface area (Å²) < 4.78 is 5.62. The Morgan fingerprint density at radius 3 is 2.84 bits per heavy atom. The van der Waals surface area contributed by atoms with Gasteiger partial charge in [0.1, 0.15) is 5.69 Å². The molecule has 2 rings (SSSR count). The molecule has 2 aromatic heterocycles. The quantitative estimate of drug-likeness (QED) is 0.808. The first-order chi connectivity index (χ1) is 9.15. The zero-order chi connectivity index (χ0) is 13.7. The molecule has 2 aromatic rings. The Balaban J connectivity index is 1.92. The van der Waals surface area contributed by atoms with E-state index in [0.717, 1.165) is 30.8 Å². The Morgan fingerprint density at radius 1 is 1.26 bits per heavy atom. The summed E-state index contributed by atoms with van der Waals surface area (Å²) in [5, 5.41) is 11.5. The lowest BCUT2D eigenvalue weighted by Gasteiger charge is -2.05. The monoisotopic (exact) mass is 260 g/mol. The van der Waals surface area contributed by atoms with Crippen molar-refractivity contribution in [2.24, 2.45) is 0 Å². The van der Waals surface area contributed by atoms with Gasteiger partial charge in [-0.05, 0) is 32.0 Å². The summed E-state index contributed by atoms with van der Waals surface area (Å²) in [6.45, 7) is 7.17. The van der Waals surface area contributed by atoms with Crippen LogP contribution in [0.3, 0.4) is 0 Å². The van der Waals surface area contributed by atoms with Crippen molar-refractivity contribution in [3.8, 4) is 11.6 Å². The summed E-state index contributed by atoms with van der Waals surface area (Å²) in [5.41, 5.74) is 1.68. The molecule has 0 amide bonds. The highest BCUT2D eigenvalue weighted by Crippen LogP contribution is 2.15. The normalized spacial score (nSPS) is 11.2. The Bertz CT molecular complexity index is 522. The number of rotatable bonds is 6. The molecule has 1 N–H and O–H groups in total. The lowest BCUT2D eigenvalue weighted by Crippen LogP contribution is -2.23. The van der Waals surface area contributed by atoms with Crippen molar-refractivity contribution in [3.05, 3.63) is 29.8 Å². The van der Waals surface area contributed by atoms with E-state index in [1.165, 1.54) is 0 Å². The standard InChI is InChI=1S/C14H20N4O/c1-10(2)15-9-5-8-13-17-18-14(19-13)12-7-4-6-11(3)16-12/h4,6-7,10,15H,5,8-9H2,1-3H3. The molecule has 19 heavy (non-hydrogen) atoms. The highest BCUT2D eigenvalue weighted by Gasteiger charge is 2.09. The van der Waals surface area contributed by atoms with Gasteiger partial charge in [0.25, 0.3) is 5.89 Å². The van der Waals surface area contributed by atoms with Gasteiger partial charge in [0.15, 0.2) is 0 Å². The van der Waals surface area contributed by atoms with E-state index in [4.69, 9.17) is 4.42 Å². The third-order valence-corrected chi connectivity index (χ3v) is 2.69. The van der Waals surface area contributed by atoms with Crippen LogP contribution < -0.4 is 5.32 Å². The molecular weight excluding hydrogens is 240 g/mol. The van der Waals surface area contributed by atoms with Crippen LogP contribution in [0.25, 0.3) is 11.6 Å². The molecule has 0 aliphatic heterocycles. The number of nitrogens with zero attached hydrogens (tertiary/aromatic N) is 3. The van der Waals surface area contributed by atoms with Crippen LogP contribution in [0.1, 0.15) is 31.9 Å². The van der Waals surface area contributed by atoms with Gasteiger partial charge in [-0.25, -0.2) is 4.98 Å². The summed E-state index contributed by atoms with van der Waals surface area (Å²) in [4.78, 5) is 4.37. The van der Waals surface area contributed by atoms with Gasteiger partial charge in [0, 0.05) is 18.2 Å². The molecule has 0 aromatic carbocycles. The highest BCUT2D eigenvalue weighted by atomic mass is 16.4. The first-order valence-electron chi connectivity index (χ1n) is 6.65. The molecule has 0 bridgehead atoms. The maximum atomic E-state index is 5.62. The molecule has 102 valence electrons. The van der Waals surface area contributed by atoms with Gasteiger partial charge >= 0.3 is 0 Å². The molecule has 0 aliphatic carbocycles. The van der Waals surface area contributed by atoms with Gasteiger partial charge in [0.2, 0.25) is 5.89 Å². The van der Waals surface area contributed by atoms with Gasteiger partial charge in [-0.2, -0.15) is 0 Å². The molecule has 5 nitrogen and oxygen atoms in total. The number of hydrogen-bond acceptors (Lipinski definition) is 5. The van der Waals surface area contributed by atoms with E-state index in [0.29, 0.717) is 17.8 Å². The second-order valence-electron chi connectivity index (χ2n) is 4.88. The van der Waals surface area contributed by atoms with Gasteiger partial charge in [-0.3, -0.25) is 0 Å². The van der Waals surface area contributed by atoms with Crippen molar-refractivity contribution >= 4 is 0 Å². The number of nitrogens with one attached hydrogen (secondary N) is 1. The average molecular weight is 260 g/mol. The van der Waals surface area contributed by atoms with Crippen LogP contribution in [0, 0.1) is 6.92 Å². The summed E-state index contributed by atoms with van der Waals surface area (Å²) in [5.74, 6) is 1.17. The van der Waals surface area contributed by atoms with E-state index < -0.39 is 0 Å². The van der Waals surface area contributed by atoms with E-state index in [2.05, 4.69) is 34.3 Å². The van der Waals surface area contributed by atoms with Crippen molar-refractivity contribution < 1.29 is 4.42 Å². The minimum atomic E-state index is 0.496. The van der Waals surface area contributed by atoms with Crippen molar-refractivity contribution in [3.63, 3.8) is 0 Å². The third kappa shape index (κ3) is 4.13. The predicted octanol–water partition coefficient (Wildman–Crippen LogP) is 2.37. The summed E-state index contributed by atoms with van der Waals surface area (Å²) in [6, 6.07) is 6.27. The van der Waals surface area contributed by atoms with Crippen molar-refractivity contribution in [1.29, 1.82) is 0 Å². The van der Waals surface area contributed by atoms with Crippen LogP contribution in [-0.4, -0.2) is 27.8 Å². The highest BCUT2D eigenvalue weighted by molar-refractivity contribution is 5.45. The van der Waals surface area contributed by atoms with Crippen LogP contribution in [0.4, 0.5) is 0 Å². The minimum Gasteiger partial charge on any atom is -0.419 e. The molecule has 2 heterocycles. The fourth-order valence-electron chi connectivity index (χ4n) is 1.75. The van der Waals surface area contributed by atoms with E-state index in [1.807, 2.05) is 25.1 Å². The van der Waals surface area contributed by atoms with Crippen LogP contribution >= 0.6 is 0 Å². The summed E-state index contributed by atoms with van der Waals surface area (Å²) in [7, 11) is 0.